The molecule has 66 valence electrons. The molecule has 0 heterocycles. The van der Waals surface area contributed by atoms with Gasteiger partial charge in [-0.1, -0.05) is 0 Å². The van der Waals surface area contributed by atoms with Crippen LogP contribution in [0, 0.1) is 5.92 Å². The fourth-order valence-corrected chi connectivity index (χ4v) is 0.875. The van der Waals surface area contributed by atoms with E-state index in [1.165, 1.54) is 12.8 Å². The Bertz CT molecular complexity index is 119. The maximum Gasteiger partial charge on any atom is 0.0633 e. The molecule has 1 rings (SSSR count). The van der Waals surface area contributed by atoms with Crippen LogP contribution in [0.1, 0.15) is 19.8 Å². The highest BCUT2D eigenvalue weighted by molar-refractivity contribution is 4.85. The second-order valence-electron chi connectivity index (χ2n) is 3.70. The minimum absolute atomic E-state index is 0.00375. The normalized spacial score (nSPS) is 18.8. The first-order chi connectivity index (χ1) is 5.20. The fourth-order valence-electron chi connectivity index (χ4n) is 0.875. The summed E-state index contributed by atoms with van der Waals surface area (Å²) >= 11 is 0. The molecular weight excluding hydrogens is 142 g/mol. The third-order valence-corrected chi connectivity index (χ3v) is 2.21. The molecule has 0 atom stereocenters. The molecule has 0 amide bonds. The molecule has 0 saturated heterocycles. The summed E-state index contributed by atoms with van der Waals surface area (Å²) < 4.78 is 0. The second kappa shape index (κ2) is 3.52. The minimum Gasteiger partial charge on any atom is -0.394 e. The molecule has 1 saturated carbocycles. The SMILES string of the molecule is CC(CO)(CO)NCC1CC1. The summed E-state index contributed by atoms with van der Waals surface area (Å²) in [5.74, 6) is 0.785. The van der Waals surface area contributed by atoms with E-state index in [0.717, 1.165) is 12.5 Å². The monoisotopic (exact) mass is 159 g/mol. The number of rotatable bonds is 5. The van der Waals surface area contributed by atoms with E-state index in [1.807, 2.05) is 6.92 Å². The fraction of sp³-hybridized carbons (Fsp3) is 1.00. The van der Waals surface area contributed by atoms with Crippen LogP contribution in [0.15, 0.2) is 0 Å². The Kier molecular flexibility index (Phi) is 2.87. The molecule has 0 aromatic heterocycles. The van der Waals surface area contributed by atoms with E-state index in [2.05, 4.69) is 5.32 Å². The van der Waals surface area contributed by atoms with E-state index in [9.17, 15) is 0 Å². The topological polar surface area (TPSA) is 52.5 Å². The Hall–Kier alpha value is -0.120. The van der Waals surface area contributed by atoms with Crippen LogP contribution in [0.4, 0.5) is 0 Å². The lowest BCUT2D eigenvalue weighted by Crippen LogP contribution is -2.49. The lowest BCUT2D eigenvalue weighted by Gasteiger charge is -2.26. The molecule has 0 bridgehead atoms. The summed E-state index contributed by atoms with van der Waals surface area (Å²) in [5.41, 5.74) is -0.484. The first kappa shape index (κ1) is 8.97. The van der Waals surface area contributed by atoms with Crippen molar-refractivity contribution in [1.82, 2.24) is 5.32 Å². The van der Waals surface area contributed by atoms with Crippen molar-refractivity contribution in [1.29, 1.82) is 0 Å². The minimum atomic E-state index is -0.484. The van der Waals surface area contributed by atoms with Crippen molar-refractivity contribution in [3.05, 3.63) is 0 Å². The third kappa shape index (κ3) is 2.77. The van der Waals surface area contributed by atoms with Gasteiger partial charge in [0.1, 0.15) is 0 Å². The molecule has 0 spiro atoms. The largest absolute Gasteiger partial charge is 0.394 e. The highest BCUT2D eigenvalue weighted by Crippen LogP contribution is 2.28. The summed E-state index contributed by atoms with van der Waals surface area (Å²) in [6.07, 6.45) is 2.58. The van der Waals surface area contributed by atoms with Crippen molar-refractivity contribution in [2.24, 2.45) is 5.92 Å². The molecule has 1 aliphatic carbocycles. The van der Waals surface area contributed by atoms with Gasteiger partial charge in [-0.3, -0.25) is 0 Å². The van der Waals surface area contributed by atoms with Crippen LogP contribution in [0.25, 0.3) is 0 Å². The summed E-state index contributed by atoms with van der Waals surface area (Å²) in [5, 5.41) is 20.9. The number of nitrogens with one attached hydrogen (secondary N) is 1. The molecular formula is C8H17NO2. The lowest BCUT2D eigenvalue weighted by molar-refractivity contribution is 0.103. The van der Waals surface area contributed by atoms with Crippen LogP contribution in [-0.2, 0) is 0 Å². The summed E-state index contributed by atoms with van der Waals surface area (Å²) in [7, 11) is 0. The van der Waals surface area contributed by atoms with Gasteiger partial charge in [0.15, 0.2) is 0 Å². The first-order valence-corrected chi connectivity index (χ1v) is 4.17. The van der Waals surface area contributed by atoms with Gasteiger partial charge in [-0.2, -0.15) is 0 Å². The average molecular weight is 159 g/mol. The maximum absolute atomic E-state index is 8.90. The molecule has 0 radical (unpaired) electrons. The maximum atomic E-state index is 8.90. The lowest BCUT2D eigenvalue weighted by atomic mass is 10.1. The summed E-state index contributed by atoms with van der Waals surface area (Å²) in [6, 6.07) is 0. The highest BCUT2D eigenvalue weighted by Gasteiger charge is 2.27. The van der Waals surface area contributed by atoms with Crippen LogP contribution in [0.5, 0.6) is 0 Å². The van der Waals surface area contributed by atoms with Crippen molar-refractivity contribution >= 4 is 0 Å². The van der Waals surface area contributed by atoms with E-state index < -0.39 is 5.54 Å². The number of aliphatic hydroxyl groups excluding tert-OH is 2. The Morgan fingerprint density at radius 1 is 1.36 bits per heavy atom. The van der Waals surface area contributed by atoms with Crippen molar-refractivity contribution < 1.29 is 10.2 Å². The Morgan fingerprint density at radius 3 is 2.27 bits per heavy atom. The molecule has 0 aromatic rings. The standard InChI is InChI=1S/C8H17NO2/c1-8(5-10,6-11)9-4-7-2-3-7/h7,9-11H,2-6H2,1H3. The van der Waals surface area contributed by atoms with E-state index >= 15 is 0 Å². The van der Waals surface area contributed by atoms with Crippen LogP contribution in [-0.4, -0.2) is 35.5 Å². The van der Waals surface area contributed by atoms with Crippen LogP contribution in [0.3, 0.4) is 0 Å². The van der Waals surface area contributed by atoms with E-state index in [4.69, 9.17) is 10.2 Å². The molecule has 1 fully saturated rings. The zero-order valence-electron chi connectivity index (χ0n) is 7.01. The second-order valence-corrected chi connectivity index (χ2v) is 3.70. The molecule has 3 nitrogen and oxygen atoms in total. The zero-order valence-corrected chi connectivity index (χ0v) is 7.01. The van der Waals surface area contributed by atoms with Crippen molar-refractivity contribution in [3.63, 3.8) is 0 Å². The van der Waals surface area contributed by atoms with Gasteiger partial charge in [-0.25, -0.2) is 0 Å². The van der Waals surface area contributed by atoms with Crippen LogP contribution < -0.4 is 5.32 Å². The Morgan fingerprint density at radius 2 is 1.91 bits per heavy atom. The Labute approximate surface area is 67.4 Å². The molecule has 3 heteroatoms. The van der Waals surface area contributed by atoms with Gasteiger partial charge in [0.2, 0.25) is 0 Å². The van der Waals surface area contributed by atoms with Crippen molar-refractivity contribution in [3.8, 4) is 0 Å². The van der Waals surface area contributed by atoms with Gasteiger partial charge in [0, 0.05) is 0 Å². The number of aliphatic hydroxyl groups is 2. The zero-order chi connectivity index (χ0) is 8.32. The third-order valence-electron chi connectivity index (χ3n) is 2.21. The predicted octanol–water partition coefficient (Wildman–Crippen LogP) is -0.271. The van der Waals surface area contributed by atoms with Gasteiger partial charge in [0.25, 0.3) is 0 Å². The molecule has 0 aromatic carbocycles. The van der Waals surface area contributed by atoms with E-state index in [1.54, 1.807) is 0 Å². The quantitative estimate of drug-likeness (QED) is 0.517. The molecule has 3 N–H and O–H groups in total. The number of hydrogen-bond acceptors (Lipinski definition) is 3. The molecule has 0 unspecified atom stereocenters. The molecule has 1 aliphatic rings. The van der Waals surface area contributed by atoms with Gasteiger partial charge in [0.05, 0.1) is 18.8 Å². The van der Waals surface area contributed by atoms with Gasteiger partial charge >= 0.3 is 0 Å². The van der Waals surface area contributed by atoms with Crippen molar-refractivity contribution in [2.45, 2.75) is 25.3 Å². The van der Waals surface area contributed by atoms with Gasteiger partial charge in [-0.15, -0.1) is 0 Å². The predicted molar refractivity (Wildman–Crippen MR) is 43.3 cm³/mol. The molecule has 0 aliphatic heterocycles. The van der Waals surface area contributed by atoms with E-state index in [0.29, 0.717) is 0 Å². The Balaban J connectivity index is 2.18. The van der Waals surface area contributed by atoms with E-state index in [-0.39, 0.29) is 13.2 Å². The van der Waals surface area contributed by atoms with Crippen molar-refractivity contribution in [2.75, 3.05) is 19.8 Å². The number of hydrogen-bond donors (Lipinski definition) is 3. The summed E-state index contributed by atoms with van der Waals surface area (Å²) in [4.78, 5) is 0. The first-order valence-electron chi connectivity index (χ1n) is 4.17. The van der Waals surface area contributed by atoms with Crippen LogP contribution >= 0.6 is 0 Å². The van der Waals surface area contributed by atoms with Gasteiger partial charge < -0.3 is 15.5 Å². The van der Waals surface area contributed by atoms with Gasteiger partial charge in [-0.05, 0) is 32.2 Å². The molecule has 11 heavy (non-hydrogen) atoms. The average Bonchev–Trinajstić information content (AvgIpc) is 2.83. The smallest absolute Gasteiger partial charge is 0.0633 e. The highest BCUT2D eigenvalue weighted by atomic mass is 16.3. The van der Waals surface area contributed by atoms with Crippen LogP contribution in [0.2, 0.25) is 0 Å². The summed E-state index contributed by atoms with van der Waals surface area (Å²) in [6.45, 7) is 2.75.